The van der Waals surface area contributed by atoms with E-state index in [-0.39, 0.29) is 18.8 Å². The minimum atomic E-state index is -4.63. The SMILES string of the molecule is CC(C)(C)OCCOc1nc(C(F)(F)F)ccc1C(N)=O. The molecule has 5 nitrogen and oxygen atoms in total. The normalized spacial score (nSPS) is 12.3. The van der Waals surface area contributed by atoms with Crippen LogP contribution in [0.15, 0.2) is 12.1 Å². The van der Waals surface area contributed by atoms with Crippen LogP contribution in [0, 0.1) is 0 Å². The van der Waals surface area contributed by atoms with Crippen LogP contribution in [0.3, 0.4) is 0 Å². The number of ether oxygens (including phenoxy) is 2. The van der Waals surface area contributed by atoms with Gasteiger partial charge in [-0.1, -0.05) is 0 Å². The zero-order valence-electron chi connectivity index (χ0n) is 12.0. The van der Waals surface area contributed by atoms with Gasteiger partial charge < -0.3 is 15.2 Å². The lowest BCUT2D eigenvalue weighted by Crippen LogP contribution is -2.23. The Morgan fingerprint density at radius 1 is 1.24 bits per heavy atom. The molecule has 0 fully saturated rings. The van der Waals surface area contributed by atoms with Crippen LogP contribution >= 0.6 is 0 Å². The van der Waals surface area contributed by atoms with E-state index in [1.807, 2.05) is 20.8 Å². The first-order chi connectivity index (χ1) is 9.50. The summed E-state index contributed by atoms with van der Waals surface area (Å²) in [5.74, 6) is -1.36. The third kappa shape index (κ3) is 5.58. The van der Waals surface area contributed by atoms with Gasteiger partial charge in [0.15, 0.2) is 0 Å². The van der Waals surface area contributed by atoms with Crippen molar-refractivity contribution in [2.45, 2.75) is 32.5 Å². The zero-order chi connectivity index (χ0) is 16.3. The smallest absolute Gasteiger partial charge is 0.433 e. The largest absolute Gasteiger partial charge is 0.475 e. The average molecular weight is 306 g/mol. The van der Waals surface area contributed by atoms with Crippen LogP contribution in [0.2, 0.25) is 0 Å². The highest BCUT2D eigenvalue weighted by Gasteiger charge is 2.33. The number of primary amides is 1. The predicted molar refractivity (Wildman–Crippen MR) is 69.0 cm³/mol. The summed E-state index contributed by atoms with van der Waals surface area (Å²) in [5, 5.41) is 0. The molecule has 21 heavy (non-hydrogen) atoms. The van der Waals surface area contributed by atoms with Crippen LogP contribution in [0.1, 0.15) is 36.8 Å². The molecule has 1 amide bonds. The van der Waals surface area contributed by atoms with Crippen LogP contribution in [-0.4, -0.2) is 29.7 Å². The van der Waals surface area contributed by atoms with Crippen molar-refractivity contribution in [2.75, 3.05) is 13.2 Å². The number of nitrogens with zero attached hydrogens (tertiary/aromatic N) is 1. The number of pyridine rings is 1. The monoisotopic (exact) mass is 306 g/mol. The molecule has 1 heterocycles. The van der Waals surface area contributed by atoms with E-state index in [9.17, 15) is 18.0 Å². The van der Waals surface area contributed by atoms with Gasteiger partial charge in [-0.15, -0.1) is 0 Å². The average Bonchev–Trinajstić information content (AvgIpc) is 2.32. The molecule has 0 aliphatic carbocycles. The molecule has 0 bridgehead atoms. The Kier molecular flexibility index (Phi) is 5.16. The van der Waals surface area contributed by atoms with E-state index < -0.39 is 29.3 Å². The van der Waals surface area contributed by atoms with Crippen molar-refractivity contribution < 1.29 is 27.4 Å². The topological polar surface area (TPSA) is 74.4 Å². The zero-order valence-corrected chi connectivity index (χ0v) is 12.0. The van der Waals surface area contributed by atoms with Crippen molar-refractivity contribution in [1.29, 1.82) is 0 Å². The number of carbonyl (C=O) groups excluding carboxylic acids is 1. The molecule has 8 heteroatoms. The maximum absolute atomic E-state index is 12.6. The second kappa shape index (κ2) is 6.30. The Morgan fingerprint density at radius 2 is 1.86 bits per heavy atom. The third-order valence-electron chi connectivity index (χ3n) is 2.27. The molecular formula is C13H17F3N2O3. The lowest BCUT2D eigenvalue weighted by Gasteiger charge is -2.19. The van der Waals surface area contributed by atoms with Gasteiger partial charge in [-0.25, -0.2) is 4.98 Å². The summed E-state index contributed by atoms with van der Waals surface area (Å²) < 4.78 is 48.2. The lowest BCUT2D eigenvalue weighted by molar-refractivity contribution is -0.141. The first kappa shape index (κ1) is 17.2. The number of nitrogens with two attached hydrogens (primary N) is 1. The molecule has 0 aromatic carbocycles. The highest BCUT2D eigenvalue weighted by Crippen LogP contribution is 2.30. The van der Waals surface area contributed by atoms with E-state index in [4.69, 9.17) is 15.2 Å². The van der Waals surface area contributed by atoms with Crippen molar-refractivity contribution in [3.8, 4) is 5.88 Å². The van der Waals surface area contributed by atoms with Gasteiger partial charge in [0, 0.05) is 0 Å². The molecule has 0 saturated carbocycles. The number of rotatable bonds is 5. The van der Waals surface area contributed by atoms with Crippen molar-refractivity contribution in [2.24, 2.45) is 5.73 Å². The van der Waals surface area contributed by atoms with Gasteiger partial charge >= 0.3 is 6.18 Å². The molecule has 0 atom stereocenters. The standard InChI is InChI=1S/C13H17F3N2O3/c1-12(2,3)21-7-6-20-11-8(10(17)19)4-5-9(18-11)13(14,15)16/h4-5H,6-7H2,1-3H3,(H2,17,19). The van der Waals surface area contributed by atoms with Gasteiger partial charge in [-0.05, 0) is 32.9 Å². The molecule has 0 unspecified atom stereocenters. The molecule has 0 aliphatic heterocycles. The number of amides is 1. The maximum atomic E-state index is 12.6. The van der Waals surface area contributed by atoms with Gasteiger partial charge in [0.05, 0.1) is 12.2 Å². The van der Waals surface area contributed by atoms with Crippen LogP contribution in [0.4, 0.5) is 13.2 Å². The van der Waals surface area contributed by atoms with Crippen LogP contribution in [-0.2, 0) is 10.9 Å². The number of hydrogen-bond acceptors (Lipinski definition) is 4. The second-order valence-electron chi connectivity index (χ2n) is 5.22. The van der Waals surface area contributed by atoms with Crippen LogP contribution in [0.25, 0.3) is 0 Å². The number of hydrogen-bond donors (Lipinski definition) is 1. The lowest BCUT2D eigenvalue weighted by atomic mass is 10.2. The van der Waals surface area contributed by atoms with Crippen molar-refractivity contribution in [3.63, 3.8) is 0 Å². The fourth-order valence-corrected chi connectivity index (χ4v) is 1.38. The summed E-state index contributed by atoms with van der Waals surface area (Å²) in [5.41, 5.74) is 3.31. The van der Waals surface area contributed by atoms with E-state index in [1.165, 1.54) is 0 Å². The molecular weight excluding hydrogens is 289 g/mol. The van der Waals surface area contributed by atoms with Gasteiger partial charge in [-0.2, -0.15) is 13.2 Å². The van der Waals surface area contributed by atoms with Crippen molar-refractivity contribution in [3.05, 3.63) is 23.4 Å². The summed E-state index contributed by atoms with van der Waals surface area (Å²) in [6, 6.07) is 1.62. The summed E-state index contributed by atoms with van der Waals surface area (Å²) >= 11 is 0. The fraction of sp³-hybridized carbons (Fsp3) is 0.538. The Labute approximate surface area is 120 Å². The molecule has 0 radical (unpaired) electrons. The quantitative estimate of drug-likeness (QED) is 0.848. The van der Waals surface area contributed by atoms with Gasteiger partial charge in [0.2, 0.25) is 5.88 Å². The molecule has 118 valence electrons. The molecule has 1 aromatic rings. The summed E-state index contributed by atoms with van der Waals surface area (Å²) in [7, 11) is 0. The Morgan fingerprint density at radius 3 is 2.33 bits per heavy atom. The molecule has 1 rings (SSSR count). The first-order valence-electron chi connectivity index (χ1n) is 6.15. The minimum Gasteiger partial charge on any atom is -0.475 e. The Bertz CT molecular complexity index is 510. The predicted octanol–water partition coefficient (Wildman–Crippen LogP) is 2.39. The number of carbonyl (C=O) groups is 1. The third-order valence-corrected chi connectivity index (χ3v) is 2.27. The van der Waals surface area contributed by atoms with Crippen LogP contribution in [0.5, 0.6) is 5.88 Å². The molecule has 0 aliphatic rings. The second-order valence-corrected chi connectivity index (χ2v) is 5.22. The highest BCUT2D eigenvalue weighted by molar-refractivity contribution is 5.95. The maximum Gasteiger partial charge on any atom is 0.433 e. The minimum absolute atomic E-state index is 0.0497. The highest BCUT2D eigenvalue weighted by atomic mass is 19.4. The fourth-order valence-electron chi connectivity index (χ4n) is 1.38. The van der Waals surface area contributed by atoms with Crippen molar-refractivity contribution >= 4 is 5.91 Å². The van der Waals surface area contributed by atoms with Crippen molar-refractivity contribution in [1.82, 2.24) is 4.98 Å². The molecule has 0 saturated heterocycles. The first-order valence-corrected chi connectivity index (χ1v) is 6.15. The Hall–Kier alpha value is -1.83. The van der Waals surface area contributed by atoms with Gasteiger partial charge in [0.25, 0.3) is 5.91 Å². The van der Waals surface area contributed by atoms with E-state index in [0.29, 0.717) is 6.07 Å². The van der Waals surface area contributed by atoms with E-state index in [1.54, 1.807) is 0 Å². The Balaban J connectivity index is 2.85. The van der Waals surface area contributed by atoms with Gasteiger partial charge in [-0.3, -0.25) is 4.79 Å². The molecule has 2 N–H and O–H groups in total. The molecule has 1 aromatic heterocycles. The van der Waals surface area contributed by atoms with E-state index in [2.05, 4.69) is 4.98 Å². The van der Waals surface area contributed by atoms with Gasteiger partial charge in [0.1, 0.15) is 17.9 Å². The van der Waals surface area contributed by atoms with E-state index >= 15 is 0 Å². The van der Waals surface area contributed by atoms with E-state index in [0.717, 1.165) is 6.07 Å². The molecule has 0 spiro atoms. The number of halogens is 3. The summed E-state index contributed by atoms with van der Waals surface area (Å²) in [6.07, 6.45) is -4.63. The summed E-state index contributed by atoms with van der Waals surface area (Å²) in [4.78, 5) is 14.5. The summed E-state index contributed by atoms with van der Waals surface area (Å²) in [6.45, 7) is 5.56. The number of alkyl halides is 3. The number of aromatic nitrogens is 1. The van der Waals surface area contributed by atoms with Crippen LogP contribution < -0.4 is 10.5 Å².